The number of benzene rings is 1. The van der Waals surface area contributed by atoms with Gasteiger partial charge in [-0.3, -0.25) is 4.79 Å². The van der Waals surface area contributed by atoms with Crippen LogP contribution in [0.15, 0.2) is 12.1 Å². The predicted molar refractivity (Wildman–Crippen MR) is 89.6 cm³/mol. The Bertz CT molecular complexity index is 646. The largest absolute Gasteiger partial charge is 0.473 e. The lowest BCUT2D eigenvalue weighted by Crippen LogP contribution is -2.58. The summed E-state index contributed by atoms with van der Waals surface area (Å²) >= 11 is 0. The van der Waals surface area contributed by atoms with Crippen molar-refractivity contribution in [1.29, 1.82) is 0 Å². The van der Waals surface area contributed by atoms with Crippen molar-refractivity contribution >= 4 is 17.7 Å². The number of hydrogen-bond acceptors (Lipinski definition) is 5. The first-order chi connectivity index (χ1) is 11.3. The Labute approximate surface area is 141 Å². The first kappa shape index (κ1) is 18.1. The number of methoxy groups -OCH3 is 2. The molecular formula is C17H24N2O5. The summed E-state index contributed by atoms with van der Waals surface area (Å²) in [5.74, 6) is 0.432. The third-order valence-electron chi connectivity index (χ3n) is 4.11. The summed E-state index contributed by atoms with van der Waals surface area (Å²) < 4.78 is 15.7. The molecule has 1 aliphatic rings. The molecule has 0 radical (unpaired) electrons. The lowest BCUT2D eigenvalue weighted by molar-refractivity contribution is -0.138. The van der Waals surface area contributed by atoms with Crippen LogP contribution in [0.25, 0.3) is 0 Å². The van der Waals surface area contributed by atoms with E-state index < -0.39 is 11.7 Å². The van der Waals surface area contributed by atoms with Gasteiger partial charge in [0.25, 0.3) is 5.91 Å². The fourth-order valence-electron chi connectivity index (χ4n) is 2.68. The fourth-order valence-corrected chi connectivity index (χ4v) is 2.68. The zero-order valence-electron chi connectivity index (χ0n) is 14.8. The standard InChI is InChI=1S/C17H24N2O5/c1-11-8-13-14(9-12(11)2)24-17(3,10-22-4)15(20)19(13)7-6-18-16(21)23-5/h8-9H,6-7,10H2,1-5H3,(H,18,21). The van der Waals surface area contributed by atoms with Gasteiger partial charge in [0.2, 0.25) is 5.60 Å². The SMILES string of the molecule is COCC1(C)Oc2cc(C)c(C)cc2N(CCNC(=O)OC)C1=O. The first-order valence-electron chi connectivity index (χ1n) is 7.75. The Morgan fingerprint density at radius 3 is 2.58 bits per heavy atom. The molecule has 7 nitrogen and oxygen atoms in total. The summed E-state index contributed by atoms with van der Waals surface area (Å²) in [6.45, 7) is 6.40. The molecule has 0 saturated heterocycles. The number of fused-ring (bicyclic) bond motifs is 1. The molecule has 24 heavy (non-hydrogen) atoms. The van der Waals surface area contributed by atoms with Crippen molar-refractivity contribution in [2.75, 3.05) is 38.8 Å². The summed E-state index contributed by atoms with van der Waals surface area (Å²) in [6, 6.07) is 3.85. The molecular weight excluding hydrogens is 312 g/mol. The number of amides is 2. The molecule has 1 atom stereocenters. The van der Waals surface area contributed by atoms with E-state index in [0.717, 1.165) is 11.1 Å². The molecule has 2 rings (SSSR count). The van der Waals surface area contributed by atoms with Crippen LogP contribution >= 0.6 is 0 Å². The minimum atomic E-state index is -1.10. The molecule has 7 heteroatoms. The topological polar surface area (TPSA) is 77.1 Å². The van der Waals surface area contributed by atoms with Crippen LogP contribution in [-0.4, -0.2) is 51.5 Å². The maximum absolute atomic E-state index is 12.9. The fraction of sp³-hybridized carbons (Fsp3) is 0.529. The highest BCUT2D eigenvalue weighted by atomic mass is 16.5. The second-order valence-corrected chi connectivity index (χ2v) is 6.05. The maximum atomic E-state index is 12.9. The molecule has 0 spiro atoms. The summed E-state index contributed by atoms with van der Waals surface area (Å²) in [4.78, 5) is 25.8. The molecule has 1 aromatic carbocycles. The Balaban J connectivity index is 2.33. The number of rotatable bonds is 5. The lowest BCUT2D eigenvalue weighted by atomic mass is 10.00. The molecule has 0 saturated carbocycles. The van der Waals surface area contributed by atoms with Crippen molar-refractivity contribution in [1.82, 2.24) is 5.32 Å². The van der Waals surface area contributed by atoms with Crippen LogP contribution in [0, 0.1) is 13.8 Å². The van der Waals surface area contributed by atoms with E-state index in [0.29, 0.717) is 18.0 Å². The molecule has 1 heterocycles. The van der Waals surface area contributed by atoms with Gasteiger partial charge in [0.1, 0.15) is 5.75 Å². The van der Waals surface area contributed by atoms with E-state index in [1.807, 2.05) is 26.0 Å². The van der Waals surface area contributed by atoms with Gasteiger partial charge in [0.05, 0.1) is 19.4 Å². The van der Waals surface area contributed by atoms with Gasteiger partial charge in [-0.15, -0.1) is 0 Å². The van der Waals surface area contributed by atoms with Gasteiger partial charge in [0.15, 0.2) is 0 Å². The molecule has 1 aromatic rings. The van der Waals surface area contributed by atoms with E-state index in [-0.39, 0.29) is 19.1 Å². The summed E-state index contributed by atoms with van der Waals surface area (Å²) in [5.41, 5.74) is 1.74. The summed E-state index contributed by atoms with van der Waals surface area (Å²) in [7, 11) is 2.83. The van der Waals surface area contributed by atoms with Crippen LogP contribution in [-0.2, 0) is 14.3 Å². The van der Waals surface area contributed by atoms with Crippen LogP contribution in [0.3, 0.4) is 0 Å². The molecule has 2 amide bonds. The van der Waals surface area contributed by atoms with E-state index in [4.69, 9.17) is 9.47 Å². The number of carbonyl (C=O) groups is 2. The van der Waals surface area contributed by atoms with E-state index in [1.54, 1.807) is 11.8 Å². The molecule has 1 aliphatic heterocycles. The van der Waals surface area contributed by atoms with Crippen LogP contribution in [0.4, 0.5) is 10.5 Å². The first-order valence-corrected chi connectivity index (χ1v) is 7.75. The number of nitrogens with one attached hydrogen (secondary N) is 1. The second-order valence-electron chi connectivity index (χ2n) is 6.05. The van der Waals surface area contributed by atoms with E-state index in [1.165, 1.54) is 14.2 Å². The van der Waals surface area contributed by atoms with E-state index in [2.05, 4.69) is 10.1 Å². The van der Waals surface area contributed by atoms with Gasteiger partial charge in [-0.1, -0.05) is 0 Å². The number of alkyl carbamates (subject to hydrolysis) is 1. The predicted octanol–water partition coefficient (Wildman–Crippen LogP) is 1.79. The minimum Gasteiger partial charge on any atom is -0.473 e. The molecule has 1 N–H and O–H groups in total. The maximum Gasteiger partial charge on any atom is 0.406 e. The van der Waals surface area contributed by atoms with Crippen molar-refractivity contribution < 1.29 is 23.8 Å². The van der Waals surface area contributed by atoms with Crippen LogP contribution in [0.1, 0.15) is 18.1 Å². The molecule has 132 valence electrons. The van der Waals surface area contributed by atoms with E-state index in [9.17, 15) is 9.59 Å². The highest BCUT2D eigenvalue weighted by Crippen LogP contribution is 2.39. The smallest absolute Gasteiger partial charge is 0.406 e. The third kappa shape index (κ3) is 3.46. The molecule has 0 aromatic heterocycles. The van der Waals surface area contributed by atoms with Gasteiger partial charge in [-0.05, 0) is 44.0 Å². The van der Waals surface area contributed by atoms with Gasteiger partial charge >= 0.3 is 6.09 Å². The van der Waals surface area contributed by atoms with Crippen molar-refractivity contribution in [2.24, 2.45) is 0 Å². The molecule has 1 unspecified atom stereocenters. The molecule has 0 fully saturated rings. The molecule has 0 aliphatic carbocycles. The zero-order chi connectivity index (χ0) is 17.9. The van der Waals surface area contributed by atoms with Crippen LogP contribution < -0.4 is 15.0 Å². The van der Waals surface area contributed by atoms with Gasteiger partial charge in [-0.25, -0.2) is 4.79 Å². The number of ether oxygens (including phenoxy) is 3. The number of aryl methyl sites for hydroxylation is 2. The van der Waals surface area contributed by atoms with Gasteiger partial charge in [-0.2, -0.15) is 0 Å². The Kier molecular flexibility index (Phi) is 5.33. The lowest BCUT2D eigenvalue weighted by Gasteiger charge is -2.40. The Morgan fingerprint density at radius 1 is 1.29 bits per heavy atom. The second kappa shape index (κ2) is 7.09. The third-order valence-corrected chi connectivity index (χ3v) is 4.11. The van der Waals surface area contributed by atoms with Crippen molar-refractivity contribution in [3.8, 4) is 5.75 Å². The number of nitrogens with zero attached hydrogens (tertiary/aromatic N) is 1. The Morgan fingerprint density at radius 2 is 1.96 bits per heavy atom. The molecule has 0 bridgehead atoms. The zero-order valence-corrected chi connectivity index (χ0v) is 14.8. The minimum absolute atomic E-state index is 0.138. The number of hydrogen-bond donors (Lipinski definition) is 1. The normalized spacial score (nSPS) is 19.5. The quantitative estimate of drug-likeness (QED) is 0.887. The van der Waals surface area contributed by atoms with Gasteiger partial charge in [0, 0.05) is 20.2 Å². The van der Waals surface area contributed by atoms with Crippen LogP contribution in [0.2, 0.25) is 0 Å². The van der Waals surface area contributed by atoms with E-state index >= 15 is 0 Å². The summed E-state index contributed by atoms with van der Waals surface area (Å²) in [6.07, 6.45) is -0.532. The summed E-state index contributed by atoms with van der Waals surface area (Å²) in [5, 5.41) is 2.59. The number of carbonyl (C=O) groups excluding carboxylic acids is 2. The number of anilines is 1. The average Bonchev–Trinajstić information content (AvgIpc) is 2.53. The average molecular weight is 336 g/mol. The van der Waals surface area contributed by atoms with Crippen LogP contribution in [0.5, 0.6) is 5.75 Å². The highest BCUT2D eigenvalue weighted by molar-refractivity contribution is 6.03. The Hall–Kier alpha value is -2.28. The van der Waals surface area contributed by atoms with Crippen molar-refractivity contribution in [3.63, 3.8) is 0 Å². The van der Waals surface area contributed by atoms with Gasteiger partial charge < -0.3 is 24.4 Å². The highest BCUT2D eigenvalue weighted by Gasteiger charge is 2.44. The van der Waals surface area contributed by atoms with Crippen molar-refractivity contribution in [2.45, 2.75) is 26.4 Å². The van der Waals surface area contributed by atoms with Crippen molar-refractivity contribution in [3.05, 3.63) is 23.3 Å². The monoisotopic (exact) mass is 336 g/mol.